The van der Waals surface area contributed by atoms with E-state index in [0.29, 0.717) is 36.1 Å². The van der Waals surface area contributed by atoms with Crippen molar-refractivity contribution in [1.82, 2.24) is 20.2 Å². The van der Waals surface area contributed by atoms with E-state index >= 15 is 0 Å². The minimum atomic E-state index is -4.78. The van der Waals surface area contributed by atoms with E-state index in [1.165, 1.54) is 16.8 Å². The number of amides is 1. The van der Waals surface area contributed by atoms with E-state index in [0.717, 1.165) is 23.9 Å². The van der Waals surface area contributed by atoms with E-state index in [4.69, 9.17) is 9.47 Å². The predicted octanol–water partition coefficient (Wildman–Crippen LogP) is 4.09. The van der Waals surface area contributed by atoms with E-state index in [9.17, 15) is 18.0 Å². The lowest BCUT2D eigenvalue weighted by Crippen LogP contribution is -2.17. The molecule has 0 unspecified atom stereocenters. The van der Waals surface area contributed by atoms with Crippen molar-refractivity contribution < 1.29 is 32.2 Å². The number of anilines is 1. The first-order valence-corrected chi connectivity index (χ1v) is 10.7. The average Bonchev–Trinajstić information content (AvgIpc) is 3.22. The molecule has 9 nitrogen and oxygen atoms in total. The molecule has 1 aromatic heterocycles. The summed E-state index contributed by atoms with van der Waals surface area (Å²) in [4.78, 5) is 12.5. The Morgan fingerprint density at radius 3 is 2.42 bits per heavy atom. The molecule has 0 saturated carbocycles. The largest absolute Gasteiger partial charge is 0.573 e. The van der Waals surface area contributed by atoms with Gasteiger partial charge in [-0.15, -0.1) is 18.3 Å². The van der Waals surface area contributed by atoms with E-state index in [2.05, 4.69) is 25.6 Å². The van der Waals surface area contributed by atoms with Crippen molar-refractivity contribution >= 4 is 23.4 Å². The molecule has 0 aliphatic heterocycles. The first-order valence-electron chi connectivity index (χ1n) is 9.76. The van der Waals surface area contributed by atoms with Gasteiger partial charge >= 0.3 is 6.36 Å². The van der Waals surface area contributed by atoms with Gasteiger partial charge in [-0.3, -0.25) is 4.79 Å². The molecule has 1 N–H and O–H groups in total. The van der Waals surface area contributed by atoms with E-state index < -0.39 is 6.36 Å². The van der Waals surface area contributed by atoms with Crippen LogP contribution >= 0.6 is 11.8 Å². The average molecular weight is 483 g/mol. The van der Waals surface area contributed by atoms with Crippen LogP contribution in [0.3, 0.4) is 0 Å². The highest BCUT2D eigenvalue weighted by atomic mass is 32.2. The molecule has 3 rings (SSSR count). The van der Waals surface area contributed by atoms with Crippen LogP contribution in [-0.2, 0) is 4.79 Å². The number of halogens is 3. The summed E-state index contributed by atoms with van der Waals surface area (Å²) in [5.41, 5.74) is 0.869. The zero-order valence-corrected chi connectivity index (χ0v) is 18.4. The van der Waals surface area contributed by atoms with Gasteiger partial charge in [-0.05, 0) is 60.7 Å². The lowest BCUT2D eigenvalue weighted by atomic mass is 10.2. The summed E-state index contributed by atoms with van der Waals surface area (Å²) in [7, 11) is 0. The molecule has 0 atom stereocenters. The number of alkyl halides is 3. The lowest BCUT2D eigenvalue weighted by Gasteiger charge is -2.13. The number of nitrogens with zero attached hydrogens (tertiary/aromatic N) is 4. The molecular weight excluding hydrogens is 463 g/mol. The Morgan fingerprint density at radius 1 is 1.06 bits per heavy atom. The zero-order valence-electron chi connectivity index (χ0n) is 17.6. The number of carbonyl (C=O) groups is 1. The number of ether oxygens (including phenoxy) is 3. The van der Waals surface area contributed by atoms with Crippen LogP contribution in [0.5, 0.6) is 17.2 Å². The third kappa shape index (κ3) is 7.00. The summed E-state index contributed by atoms with van der Waals surface area (Å²) in [5, 5.41) is 14.3. The first-order chi connectivity index (χ1) is 15.8. The molecule has 0 spiro atoms. The maximum atomic E-state index is 12.5. The van der Waals surface area contributed by atoms with Crippen LogP contribution in [0.4, 0.5) is 18.9 Å². The monoisotopic (exact) mass is 483 g/mol. The fourth-order valence-corrected chi connectivity index (χ4v) is 3.37. The highest BCUT2D eigenvalue weighted by Gasteiger charge is 2.31. The van der Waals surface area contributed by atoms with Crippen LogP contribution in [0.15, 0.2) is 47.6 Å². The van der Waals surface area contributed by atoms with Crippen LogP contribution < -0.4 is 19.5 Å². The normalized spacial score (nSPS) is 11.2. The zero-order chi connectivity index (χ0) is 23.8. The Hall–Kier alpha value is -3.48. The predicted molar refractivity (Wildman–Crippen MR) is 114 cm³/mol. The Bertz CT molecular complexity index is 1080. The molecule has 0 fully saturated rings. The van der Waals surface area contributed by atoms with Gasteiger partial charge in [0.1, 0.15) is 17.2 Å². The van der Waals surface area contributed by atoms with Crippen molar-refractivity contribution in [2.45, 2.75) is 25.4 Å². The Morgan fingerprint density at radius 2 is 1.76 bits per heavy atom. The number of tetrazole rings is 1. The van der Waals surface area contributed by atoms with Gasteiger partial charge < -0.3 is 19.5 Å². The number of hydrogen-bond acceptors (Lipinski definition) is 8. The van der Waals surface area contributed by atoms with Crippen LogP contribution in [0.2, 0.25) is 0 Å². The molecule has 13 heteroatoms. The number of nitrogens with one attached hydrogen (secondary N) is 1. The summed E-state index contributed by atoms with van der Waals surface area (Å²) in [6, 6.07) is 10.2. The molecule has 1 amide bonds. The molecule has 0 aliphatic rings. The van der Waals surface area contributed by atoms with Crippen molar-refractivity contribution in [1.29, 1.82) is 0 Å². The number of benzene rings is 2. The summed E-state index contributed by atoms with van der Waals surface area (Å²) in [6.07, 6.45) is -4.78. The lowest BCUT2D eigenvalue weighted by molar-refractivity contribution is -0.274. The van der Waals surface area contributed by atoms with Crippen molar-refractivity contribution in [2.24, 2.45) is 0 Å². The summed E-state index contributed by atoms with van der Waals surface area (Å²) in [5.74, 6) is 0.363. The van der Waals surface area contributed by atoms with Crippen LogP contribution in [0.1, 0.15) is 13.8 Å². The molecule has 2 aromatic carbocycles. The first kappa shape index (κ1) is 24.2. The van der Waals surface area contributed by atoms with Crippen LogP contribution in [0.25, 0.3) is 5.69 Å². The standard InChI is InChI=1S/C20H20F3N5O4S/c1-3-30-15-9-10-17(31-4-2)16(11-15)24-18(29)12-33-19-25-26-27-28(19)13-5-7-14(8-6-13)32-20(21,22)23/h5-11H,3-4,12H2,1-2H3,(H,24,29). The van der Waals surface area contributed by atoms with Gasteiger partial charge in [-0.25, -0.2) is 0 Å². The Kier molecular flexibility index (Phi) is 7.98. The second kappa shape index (κ2) is 10.9. The summed E-state index contributed by atoms with van der Waals surface area (Å²) >= 11 is 1.06. The van der Waals surface area contributed by atoms with Gasteiger partial charge in [-0.2, -0.15) is 4.68 Å². The molecule has 0 aliphatic carbocycles. The quantitative estimate of drug-likeness (QED) is 0.431. The second-order valence-electron chi connectivity index (χ2n) is 6.28. The van der Waals surface area contributed by atoms with Crippen LogP contribution in [0, 0.1) is 0 Å². The maximum Gasteiger partial charge on any atom is 0.573 e. The number of hydrogen-bond donors (Lipinski definition) is 1. The van der Waals surface area contributed by atoms with E-state index in [1.54, 1.807) is 18.2 Å². The molecule has 0 radical (unpaired) electrons. The summed E-state index contributed by atoms with van der Waals surface area (Å²) < 4.78 is 53.1. The second-order valence-corrected chi connectivity index (χ2v) is 7.22. The fraction of sp³-hybridized carbons (Fsp3) is 0.300. The molecule has 176 valence electrons. The molecular formula is C20H20F3N5O4S. The molecule has 1 heterocycles. The third-order valence-electron chi connectivity index (χ3n) is 3.92. The molecule has 0 bridgehead atoms. The molecule has 3 aromatic rings. The van der Waals surface area contributed by atoms with Crippen molar-refractivity contribution in [3.63, 3.8) is 0 Å². The van der Waals surface area contributed by atoms with Crippen molar-refractivity contribution in [3.8, 4) is 22.9 Å². The van der Waals surface area contributed by atoms with Gasteiger partial charge in [0.25, 0.3) is 0 Å². The number of carbonyl (C=O) groups excluding carboxylic acids is 1. The van der Waals surface area contributed by atoms with Crippen LogP contribution in [-0.4, -0.2) is 51.4 Å². The van der Waals surface area contributed by atoms with E-state index in [-0.39, 0.29) is 22.6 Å². The number of aromatic nitrogens is 4. The fourth-order valence-electron chi connectivity index (χ4n) is 2.68. The van der Waals surface area contributed by atoms with Gasteiger partial charge in [-0.1, -0.05) is 11.8 Å². The van der Waals surface area contributed by atoms with Gasteiger partial charge in [0.05, 0.1) is 30.3 Å². The van der Waals surface area contributed by atoms with Gasteiger partial charge in [0, 0.05) is 6.07 Å². The third-order valence-corrected chi connectivity index (χ3v) is 4.84. The Labute approximate surface area is 191 Å². The highest BCUT2D eigenvalue weighted by molar-refractivity contribution is 7.99. The van der Waals surface area contributed by atoms with Gasteiger partial charge in [0.15, 0.2) is 0 Å². The SMILES string of the molecule is CCOc1ccc(OCC)c(NC(=O)CSc2nnnn2-c2ccc(OC(F)(F)F)cc2)c1. The Balaban J connectivity index is 1.65. The minimum Gasteiger partial charge on any atom is -0.494 e. The smallest absolute Gasteiger partial charge is 0.494 e. The van der Waals surface area contributed by atoms with Gasteiger partial charge in [0.2, 0.25) is 11.1 Å². The summed E-state index contributed by atoms with van der Waals surface area (Å²) in [6.45, 7) is 4.59. The maximum absolute atomic E-state index is 12.5. The number of thioether (sulfide) groups is 1. The van der Waals surface area contributed by atoms with Crippen molar-refractivity contribution in [2.75, 3.05) is 24.3 Å². The highest BCUT2D eigenvalue weighted by Crippen LogP contribution is 2.30. The molecule has 33 heavy (non-hydrogen) atoms. The van der Waals surface area contributed by atoms with Crippen molar-refractivity contribution in [3.05, 3.63) is 42.5 Å². The molecule has 0 saturated heterocycles. The topological polar surface area (TPSA) is 100 Å². The minimum absolute atomic E-state index is 0.0277. The van der Waals surface area contributed by atoms with E-state index in [1.807, 2.05) is 13.8 Å². The number of rotatable bonds is 10.